The van der Waals surface area contributed by atoms with Gasteiger partial charge in [-0.05, 0) is 52.1 Å². The van der Waals surface area contributed by atoms with Gasteiger partial charge in [-0.1, -0.05) is 12.1 Å². The van der Waals surface area contributed by atoms with Crippen LogP contribution < -0.4 is 5.32 Å². The van der Waals surface area contributed by atoms with Crippen LogP contribution in [0.2, 0.25) is 0 Å². The summed E-state index contributed by atoms with van der Waals surface area (Å²) in [6.45, 7) is 9.29. The minimum atomic E-state index is -0.0724. The molecule has 0 atom stereocenters. The van der Waals surface area contributed by atoms with E-state index in [0.29, 0.717) is 18.0 Å². The highest BCUT2D eigenvalue weighted by Gasteiger charge is 2.22. The summed E-state index contributed by atoms with van der Waals surface area (Å²) in [6.07, 6.45) is 4.53. The number of aromatic nitrogens is 3. The number of piperidine rings is 1. The maximum Gasteiger partial charge on any atom is 0.254 e. The van der Waals surface area contributed by atoms with E-state index in [1.54, 1.807) is 0 Å². The van der Waals surface area contributed by atoms with Crippen molar-refractivity contribution < 1.29 is 9.32 Å². The third kappa shape index (κ3) is 4.46. The van der Waals surface area contributed by atoms with Gasteiger partial charge in [0.1, 0.15) is 6.33 Å². The van der Waals surface area contributed by atoms with E-state index in [1.165, 1.54) is 6.33 Å². The van der Waals surface area contributed by atoms with Gasteiger partial charge in [-0.25, -0.2) is 9.97 Å². The van der Waals surface area contributed by atoms with Crippen LogP contribution in [0.25, 0.3) is 0 Å². The molecule has 0 bridgehead atoms. The molecule has 26 heavy (non-hydrogen) atoms. The van der Waals surface area contributed by atoms with Gasteiger partial charge in [-0.2, -0.15) is 0 Å². The average Bonchev–Trinajstić information content (AvgIpc) is 3.08. The summed E-state index contributed by atoms with van der Waals surface area (Å²) in [6, 6.07) is 2.04. The monoisotopic (exact) mass is 357 g/mol. The molecule has 0 unspecified atom stereocenters. The Morgan fingerprint density at radius 1 is 1.27 bits per heavy atom. The number of rotatable bonds is 6. The van der Waals surface area contributed by atoms with Crippen molar-refractivity contribution in [3.63, 3.8) is 0 Å². The Bertz CT molecular complexity index is 730. The van der Waals surface area contributed by atoms with Crippen LogP contribution >= 0.6 is 0 Å². The molecule has 1 fully saturated rings. The highest BCUT2D eigenvalue weighted by molar-refractivity contribution is 5.96. The lowest BCUT2D eigenvalue weighted by molar-refractivity contribution is 0.0931. The zero-order chi connectivity index (χ0) is 18.5. The molecule has 1 saturated heterocycles. The molecular formula is C19H27N5O2. The Morgan fingerprint density at radius 3 is 2.58 bits per heavy atom. The average molecular weight is 357 g/mol. The largest absolute Gasteiger partial charge is 0.360 e. The minimum Gasteiger partial charge on any atom is -0.360 e. The fourth-order valence-corrected chi connectivity index (χ4v) is 3.41. The first-order valence-corrected chi connectivity index (χ1v) is 9.30. The summed E-state index contributed by atoms with van der Waals surface area (Å²) in [4.78, 5) is 23.1. The third-order valence-electron chi connectivity index (χ3n) is 5.06. The first kappa shape index (κ1) is 18.5. The van der Waals surface area contributed by atoms with E-state index in [9.17, 15) is 4.79 Å². The van der Waals surface area contributed by atoms with Crippen molar-refractivity contribution in [1.82, 2.24) is 25.3 Å². The first-order valence-electron chi connectivity index (χ1n) is 9.30. The Labute approximate surface area is 154 Å². The van der Waals surface area contributed by atoms with Crippen molar-refractivity contribution in [1.29, 1.82) is 0 Å². The predicted octanol–water partition coefficient (Wildman–Crippen LogP) is 2.29. The van der Waals surface area contributed by atoms with E-state index >= 15 is 0 Å². The number of carbonyl (C=O) groups is 1. The molecule has 0 radical (unpaired) electrons. The molecule has 3 heterocycles. The normalized spacial score (nSPS) is 16.0. The van der Waals surface area contributed by atoms with Crippen LogP contribution in [-0.2, 0) is 13.0 Å². The molecule has 0 aromatic carbocycles. The molecule has 1 aliphatic rings. The van der Waals surface area contributed by atoms with Crippen molar-refractivity contribution in [2.45, 2.75) is 46.6 Å². The van der Waals surface area contributed by atoms with Crippen molar-refractivity contribution in [2.24, 2.45) is 5.92 Å². The van der Waals surface area contributed by atoms with Gasteiger partial charge in [0.25, 0.3) is 5.91 Å². The van der Waals surface area contributed by atoms with Crippen LogP contribution in [0.15, 0.2) is 16.9 Å². The molecule has 1 N–H and O–H groups in total. The number of hydrogen-bond acceptors (Lipinski definition) is 6. The molecule has 1 amide bonds. The second kappa shape index (κ2) is 8.40. The quantitative estimate of drug-likeness (QED) is 0.854. The lowest BCUT2D eigenvalue weighted by atomic mass is 9.96. The Morgan fingerprint density at radius 2 is 1.96 bits per heavy atom. The molecule has 0 spiro atoms. The highest BCUT2D eigenvalue weighted by Crippen LogP contribution is 2.19. The number of hydrogen-bond donors (Lipinski definition) is 1. The van der Waals surface area contributed by atoms with Gasteiger partial charge in [0.05, 0.1) is 29.2 Å². The molecular weight excluding hydrogens is 330 g/mol. The van der Waals surface area contributed by atoms with Crippen molar-refractivity contribution in [3.8, 4) is 0 Å². The number of nitrogens with zero attached hydrogens (tertiary/aromatic N) is 4. The molecule has 7 nitrogen and oxygen atoms in total. The molecule has 7 heteroatoms. The minimum absolute atomic E-state index is 0.0724. The Kier molecular flexibility index (Phi) is 5.98. The van der Waals surface area contributed by atoms with Crippen LogP contribution in [0.5, 0.6) is 0 Å². The Balaban J connectivity index is 1.44. The zero-order valence-electron chi connectivity index (χ0n) is 15.8. The van der Waals surface area contributed by atoms with Crippen molar-refractivity contribution in [2.75, 3.05) is 19.6 Å². The fraction of sp³-hybridized carbons (Fsp3) is 0.579. The van der Waals surface area contributed by atoms with Crippen LogP contribution in [0, 0.1) is 19.8 Å². The summed E-state index contributed by atoms with van der Waals surface area (Å²) in [7, 11) is 0. The van der Waals surface area contributed by atoms with Gasteiger partial charge in [-0.3, -0.25) is 9.69 Å². The third-order valence-corrected chi connectivity index (χ3v) is 5.06. The lowest BCUT2D eigenvalue weighted by Gasteiger charge is -2.31. The van der Waals surface area contributed by atoms with E-state index in [0.717, 1.165) is 61.7 Å². The SMILES string of the molecule is CCc1cc(CN2CCC(CNC(=O)c3c(C)ncnc3C)CC2)on1. The van der Waals surface area contributed by atoms with Crippen LogP contribution in [-0.4, -0.2) is 45.6 Å². The number of aryl methyl sites for hydroxylation is 3. The molecule has 0 aliphatic carbocycles. The summed E-state index contributed by atoms with van der Waals surface area (Å²) < 4.78 is 5.37. The van der Waals surface area contributed by atoms with E-state index in [2.05, 4.69) is 32.3 Å². The number of nitrogens with one attached hydrogen (secondary N) is 1. The topological polar surface area (TPSA) is 84.2 Å². The van der Waals surface area contributed by atoms with E-state index in [1.807, 2.05) is 19.9 Å². The van der Waals surface area contributed by atoms with Gasteiger partial charge >= 0.3 is 0 Å². The van der Waals surface area contributed by atoms with Crippen LogP contribution in [0.3, 0.4) is 0 Å². The Hall–Kier alpha value is -2.28. The predicted molar refractivity (Wildman–Crippen MR) is 97.7 cm³/mol. The van der Waals surface area contributed by atoms with Crippen LogP contribution in [0.4, 0.5) is 0 Å². The second-order valence-electron chi connectivity index (χ2n) is 6.99. The molecule has 3 rings (SSSR count). The highest BCUT2D eigenvalue weighted by atomic mass is 16.5. The van der Waals surface area contributed by atoms with Gasteiger partial charge < -0.3 is 9.84 Å². The summed E-state index contributed by atoms with van der Waals surface area (Å²) in [5.41, 5.74) is 3.06. The van der Waals surface area contributed by atoms with Crippen molar-refractivity contribution in [3.05, 3.63) is 40.8 Å². The molecule has 2 aromatic rings. The van der Waals surface area contributed by atoms with Gasteiger partial charge in [0, 0.05) is 12.6 Å². The van der Waals surface area contributed by atoms with Crippen molar-refractivity contribution >= 4 is 5.91 Å². The molecule has 140 valence electrons. The maximum absolute atomic E-state index is 12.4. The van der Waals surface area contributed by atoms with E-state index in [4.69, 9.17) is 4.52 Å². The molecule has 1 aliphatic heterocycles. The summed E-state index contributed by atoms with van der Waals surface area (Å²) >= 11 is 0. The zero-order valence-corrected chi connectivity index (χ0v) is 15.8. The number of likely N-dealkylation sites (tertiary alicyclic amines) is 1. The second-order valence-corrected chi connectivity index (χ2v) is 6.99. The standard InChI is InChI=1S/C19H27N5O2/c1-4-16-9-17(26-23-16)11-24-7-5-15(6-8-24)10-20-19(25)18-13(2)21-12-22-14(18)3/h9,12,15H,4-8,10-11H2,1-3H3,(H,20,25). The van der Waals surface area contributed by atoms with Gasteiger partial charge in [0.2, 0.25) is 0 Å². The molecule has 2 aromatic heterocycles. The number of carbonyl (C=O) groups excluding carboxylic acids is 1. The lowest BCUT2D eigenvalue weighted by Crippen LogP contribution is -2.38. The molecule has 0 saturated carbocycles. The van der Waals surface area contributed by atoms with Gasteiger partial charge in [0.15, 0.2) is 5.76 Å². The smallest absolute Gasteiger partial charge is 0.254 e. The van der Waals surface area contributed by atoms with Crippen LogP contribution in [0.1, 0.15) is 53.0 Å². The maximum atomic E-state index is 12.4. The fourth-order valence-electron chi connectivity index (χ4n) is 3.41. The first-order chi connectivity index (χ1) is 12.6. The van der Waals surface area contributed by atoms with E-state index < -0.39 is 0 Å². The van der Waals surface area contributed by atoms with E-state index in [-0.39, 0.29) is 5.91 Å². The number of amides is 1. The summed E-state index contributed by atoms with van der Waals surface area (Å²) in [5.74, 6) is 1.36. The van der Waals surface area contributed by atoms with Gasteiger partial charge in [-0.15, -0.1) is 0 Å². The summed E-state index contributed by atoms with van der Waals surface area (Å²) in [5, 5.41) is 7.11.